The van der Waals surface area contributed by atoms with Gasteiger partial charge in [-0.2, -0.15) is 0 Å². The van der Waals surface area contributed by atoms with Crippen LogP contribution >= 0.6 is 24.0 Å². The van der Waals surface area contributed by atoms with Crippen molar-refractivity contribution >= 4 is 35.8 Å². The Bertz CT molecular complexity index is 659. The number of benzene rings is 1. The number of guanidine groups is 1. The van der Waals surface area contributed by atoms with Crippen LogP contribution in [0.5, 0.6) is 5.75 Å². The number of ether oxygens (including phenoxy) is 1. The third kappa shape index (κ3) is 7.04. The summed E-state index contributed by atoms with van der Waals surface area (Å²) in [4.78, 5) is 19.2. The first-order valence-electron chi connectivity index (χ1n) is 10.7. The van der Waals surface area contributed by atoms with Crippen molar-refractivity contribution in [3.63, 3.8) is 0 Å². The number of nitrogens with zero attached hydrogens (tertiary/aromatic N) is 2. The van der Waals surface area contributed by atoms with Crippen molar-refractivity contribution in [2.45, 2.75) is 57.4 Å². The summed E-state index contributed by atoms with van der Waals surface area (Å²) >= 11 is 0. The van der Waals surface area contributed by atoms with E-state index >= 15 is 0 Å². The largest absolute Gasteiger partial charge is 0.497 e. The van der Waals surface area contributed by atoms with Crippen LogP contribution < -0.4 is 15.4 Å². The fourth-order valence-electron chi connectivity index (χ4n) is 4.19. The van der Waals surface area contributed by atoms with Crippen molar-refractivity contribution in [3.05, 3.63) is 29.8 Å². The number of halogens is 1. The molecule has 7 heteroatoms. The summed E-state index contributed by atoms with van der Waals surface area (Å²) in [6.07, 6.45) is 7.02. The Morgan fingerprint density at radius 1 is 1.17 bits per heavy atom. The molecule has 1 unspecified atom stereocenters. The minimum absolute atomic E-state index is 0. The molecule has 1 amide bonds. The van der Waals surface area contributed by atoms with Gasteiger partial charge in [0.15, 0.2) is 5.96 Å². The maximum Gasteiger partial charge on any atom is 0.242 e. The van der Waals surface area contributed by atoms with Crippen LogP contribution in [-0.2, 0) is 4.79 Å². The van der Waals surface area contributed by atoms with E-state index in [0.717, 1.165) is 50.6 Å². The topological polar surface area (TPSA) is 66.0 Å². The van der Waals surface area contributed by atoms with Gasteiger partial charge < -0.3 is 20.3 Å². The van der Waals surface area contributed by atoms with E-state index < -0.39 is 0 Å². The second-order valence-electron chi connectivity index (χ2n) is 7.78. The molecule has 2 aliphatic rings. The lowest BCUT2D eigenvalue weighted by Gasteiger charge is -2.23. The first-order valence-corrected chi connectivity index (χ1v) is 10.7. The summed E-state index contributed by atoms with van der Waals surface area (Å²) in [6.45, 7) is 4.93. The van der Waals surface area contributed by atoms with Gasteiger partial charge in [-0.15, -0.1) is 24.0 Å². The highest BCUT2D eigenvalue weighted by Crippen LogP contribution is 2.28. The van der Waals surface area contributed by atoms with E-state index in [1.54, 1.807) is 7.11 Å². The van der Waals surface area contributed by atoms with E-state index in [1.807, 2.05) is 12.1 Å². The van der Waals surface area contributed by atoms with E-state index in [9.17, 15) is 4.79 Å². The summed E-state index contributed by atoms with van der Waals surface area (Å²) in [7, 11) is 1.69. The quantitative estimate of drug-likeness (QED) is 0.347. The number of methoxy groups -OCH3 is 1. The molecule has 1 aromatic rings. The Morgan fingerprint density at radius 3 is 2.55 bits per heavy atom. The Labute approximate surface area is 191 Å². The van der Waals surface area contributed by atoms with Gasteiger partial charge in [0.2, 0.25) is 5.91 Å². The zero-order valence-corrected chi connectivity index (χ0v) is 20.0. The van der Waals surface area contributed by atoms with Gasteiger partial charge >= 0.3 is 0 Å². The summed E-state index contributed by atoms with van der Waals surface area (Å²) < 4.78 is 5.25. The molecular formula is C22H35IN4O2. The first kappa shape index (κ1) is 23.8. The van der Waals surface area contributed by atoms with Gasteiger partial charge in [0.05, 0.1) is 7.11 Å². The Balaban J connectivity index is 0.00000300. The molecule has 2 N–H and O–H groups in total. The van der Waals surface area contributed by atoms with Crippen molar-refractivity contribution < 1.29 is 9.53 Å². The summed E-state index contributed by atoms with van der Waals surface area (Å²) in [5, 5.41) is 6.50. The number of rotatable bonds is 6. The highest BCUT2D eigenvalue weighted by molar-refractivity contribution is 14.0. The van der Waals surface area contributed by atoms with Crippen LogP contribution in [0, 0.1) is 0 Å². The molecule has 0 spiro atoms. The normalized spacial score (nSPS) is 20.1. The maximum atomic E-state index is 12.3. The minimum atomic E-state index is 0. The molecule has 0 radical (unpaired) electrons. The summed E-state index contributed by atoms with van der Waals surface area (Å²) in [6, 6.07) is 8.67. The average molecular weight is 514 g/mol. The number of hydrogen-bond donors (Lipinski definition) is 2. The third-order valence-electron chi connectivity index (χ3n) is 5.75. The highest BCUT2D eigenvalue weighted by atomic mass is 127. The molecule has 1 atom stereocenters. The molecule has 1 heterocycles. The van der Waals surface area contributed by atoms with Gasteiger partial charge in [-0.25, -0.2) is 4.99 Å². The molecule has 6 nitrogen and oxygen atoms in total. The molecule has 1 saturated carbocycles. The molecule has 162 valence electrons. The number of hydrogen-bond acceptors (Lipinski definition) is 3. The Kier molecular flexibility index (Phi) is 10.0. The van der Waals surface area contributed by atoms with Gasteiger partial charge in [0.25, 0.3) is 0 Å². The van der Waals surface area contributed by atoms with Crippen molar-refractivity contribution in [2.75, 3.05) is 33.3 Å². The van der Waals surface area contributed by atoms with Gasteiger partial charge in [-0.1, -0.05) is 31.4 Å². The molecule has 0 bridgehead atoms. The lowest BCUT2D eigenvalue weighted by Crippen LogP contribution is -2.42. The number of amides is 1. The lowest BCUT2D eigenvalue weighted by molar-refractivity contribution is -0.120. The van der Waals surface area contributed by atoms with Crippen LogP contribution in [0.1, 0.15) is 56.9 Å². The van der Waals surface area contributed by atoms with Crippen molar-refractivity contribution in [3.8, 4) is 5.75 Å². The molecule has 1 saturated heterocycles. The number of carbonyl (C=O) groups is 1. The molecule has 3 rings (SSSR count). The fourth-order valence-corrected chi connectivity index (χ4v) is 4.19. The Hall–Kier alpha value is -1.51. The van der Waals surface area contributed by atoms with Crippen LogP contribution in [0.3, 0.4) is 0 Å². The third-order valence-corrected chi connectivity index (χ3v) is 5.75. The standard InChI is InChI=1S/C22H34N4O2.HI/c1-3-23-22(24-15-21(27)25-19-7-5-4-6-8-19)26-14-13-18(16-26)17-9-11-20(28-2)12-10-17;/h9-12,18-19H,3-8,13-16H2,1-2H3,(H,23,24)(H,25,27);1H. The lowest BCUT2D eigenvalue weighted by atomic mass is 9.95. The number of nitrogens with one attached hydrogen (secondary N) is 2. The molecule has 2 fully saturated rings. The zero-order valence-electron chi connectivity index (χ0n) is 17.7. The predicted octanol–water partition coefficient (Wildman–Crippen LogP) is 3.52. The number of likely N-dealkylation sites (tertiary alicyclic amines) is 1. The van der Waals surface area contributed by atoms with Crippen LogP contribution in [0.25, 0.3) is 0 Å². The van der Waals surface area contributed by atoms with Crippen LogP contribution in [0.15, 0.2) is 29.3 Å². The van der Waals surface area contributed by atoms with E-state index in [4.69, 9.17) is 4.74 Å². The Morgan fingerprint density at radius 2 is 1.90 bits per heavy atom. The zero-order chi connectivity index (χ0) is 19.8. The summed E-state index contributed by atoms with van der Waals surface area (Å²) in [5.74, 6) is 2.24. The molecule has 29 heavy (non-hydrogen) atoms. The predicted molar refractivity (Wildman–Crippen MR) is 128 cm³/mol. The van der Waals surface area contributed by atoms with Crippen LogP contribution in [-0.4, -0.2) is 56.1 Å². The summed E-state index contributed by atoms with van der Waals surface area (Å²) in [5.41, 5.74) is 1.33. The van der Waals surface area contributed by atoms with Crippen molar-refractivity contribution in [1.29, 1.82) is 0 Å². The van der Waals surface area contributed by atoms with Crippen LogP contribution in [0.2, 0.25) is 0 Å². The molecular weight excluding hydrogens is 479 g/mol. The van der Waals surface area contributed by atoms with E-state index in [0.29, 0.717) is 12.0 Å². The van der Waals surface area contributed by atoms with Gasteiger partial charge in [0, 0.05) is 31.6 Å². The SMILES string of the molecule is CCNC(=NCC(=O)NC1CCCCC1)N1CCC(c2ccc(OC)cc2)C1.I. The molecule has 1 aromatic carbocycles. The smallest absolute Gasteiger partial charge is 0.242 e. The van der Waals surface area contributed by atoms with Gasteiger partial charge in [-0.3, -0.25) is 4.79 Å². The average Bonchev–Trinajstić information content (AvgIpc) is 3.22. The van der Waals surface area contributed by atoms with Crippen molar-refractivity contribution in [1.82, 2.24) is 15.5 Å². The maximum absolute atomic E-state index is 12.3. The molecule has 1 aliphatic heterocycles. The second kappa shape index (κ2) is 12.2. The van der Waals surface area contributed by atoms with E-state index in [1.165, 1.54) is 24.8 Å². The van der Waals surface area contributed by atoms with E-state index in [2.05, 4.69) is 39.6 Å². The number of aliphatic imine (C=N–C) groups is 1. The van der Waals surface area contributed by atoms with Crippen molar-refractivity contribution in [2.24, 2.45) is 4.99 Å². The molecule has 1 aliphatic carbocycles. The monoisotopic (exact) mass is 514 g/mol. The van der Waals surface area contributed by atoms with Gasteiger partial charge in [0.1, 0.15) is 12.3 Å². The minimum Gasteiger partial charge on any atom is -0.497 e. The second-order valence-corrected chi connectivity index (χ2v) is 7.78. The number of carbonyl (C=O) groups excluding carboxylic acids is 1. The van der Waals surface area contributed by atoms with E-state index in [-0.39, 0.29) is 36.4 Å². The van der Waals surface area contributed by atoms with Gasteiger partial charge in [-0.05, 0) is 43.9 Å². The first-order chi connectivity index (χ1) is 13.7. The fraction of sp³-hybridized carbons (Fsp3) is 0.636. The van der Waals surface area contributed by atoms with Crippen LogP contribution in [0.4, 0.5) is 0 Å². The molecule has 0 aromatic heterocycles. The highest BCUT2D eigenvalue weighted by Gasteiger charge is 2.26.